The Bertz CT molecular complexity index is 880. The van der Waals surface area contributed by atoms with E-state index >= 15 is 0 Å². The van der Waals surface area contributed by atoms with E-state index < -0.39 is 0 Å². The highest BCUT2D eigenvalue weighted by Gasteiger charge is 2.36. The lowest BCUT2D eigenvalue weighted by Crippen LogP contribution is -2.38. The molecule has 2 aliphatic rings. The van der Waals surface area contributed by atoms with Gasteiger partial charge in [0.2, 0.25) is 0 Å². The summed E-state index contributed by atoms with van der Waals surface area (Å²) in [7, 11) is 0. The smallest absolute Gasteiger partial charge is 0.185 e. The van der Waals surface area contributed by atoms with Crippen LogP contribution in [0.25, 0.3) is 5.57 Å². The third-order valence-electron chi connectivity index (χ3n) is 4.24. The fraction of sp³-hybridized carbons (Fsp3) is 0.100. The van der Waals surface area contributed by atoms with Gasteiger partial charge in [-0.25, -0.2) is 0 Å². The van der Waals surface area contributed by atoms with Crippen LogP contribution in [0.2, 0.25) is 5.02 Å². The van der Waals surface area contributed by atoms with Crippen molar-refractivity contribution < 1.29 is 4.79 Å². The zero-order chi connectivity index (χ0) is 16.5. The predicted molar refractivity (Wildman–Crippen MR) is 97.0 cm³/mol. The van der Waals surface area contributed by atoms with Gasteiger partial charge in [-0.1, -0.05) is 54.1 Å². The van der Waals surface area contributed by atoms with Crippen LogP contribution < -0.4 is 5.32 Å². The van der Waals surface area contributed by atoms with Crippen molar-refractivity contribution in [1.82, 2.24) is 5.32 Å². The Hall–Kier alpha value is -2.65. The number of benzene rings is 2. The van der Waals surface area contributed by atoms with Gasteiger partial charge in [0.05, 0.1) is 5.71 Å². The van der Waals surface area contributed by atoms with Crippen molar-refractivity contribution in [2.24, 2.45) is 4.99 Å². The molecule has 0 aromatic heterocycles. The van der Waals surface area contributed by atoms with Crippen LogP contribution >= 0.6 is 11.6 Å². The molecule has 118 valence electrons. The summed E-state index contributed by atoms with van der Waals surface area (Å²) < 4.78 is 0. The molecular formula is C20H15ClN2O. The molecule has 2 aliphatic heterocycles. The normalized spacial score (nSPS) is 19.1. The summed E-state index contributed by atoms with van der Waals surface area (Å²) in [6.45, 7) is 0. The first-order valence-corrected chi connectivity index (χ1v) is 8.18. The van der Waals surface area contributed by atoms with Crippen LogP contribution in [0.1, 0.15) is 11.1 Å². The lowest BCUT2D eigenvalue weighted by Gasteiger charge is -2.13. The molecular weight excluding hydrogens is 320 g/mol. The number of hydrogen-bond donors (Lipinski definition) is 1. The van der Waals surface area contributed by atoms with Crippen LogP contribution in [-0.4, -0.2) is 17.5 Å². The van der Waals surface area contributed by atoms with Crippen LogP contribution in [0.15, 0.2) is 77.6 Å². The van der Waals surface area contributed by atoms with Crippen molar-refractivity contribution in [2.75, 3.05) is 0 Å². The van der Waals surface area contributed by atoms with Crippen molar-refractivity contribution in [3.8, 4) is 0 Å². The summed E-state index contributed by atoms with van der Waals surface area (Å²) in [5, 5.41) is 4.06. The third-order valence-corrected chi connectivity index (χ3v) is 4.50. The van der Waals surface area contributed by atoms with Crippen LogP contribution in [0, 0.1) is 0 Å². The molecule has 1 atom stereocenters. The number of nitrogens with one attached hydrogen (secondary N) is 1. The maximum atomic E-state index is 12.2. The number of carbonyl (C=O) groups is 1. The van der Waals surface area contributed by atoms with Gasteiger partial charge in [0.1, 0.15) is 6.04 Å². The van der Waals surface area contributed by atoms with Gasteiger partial charge in [-0.2, -0.15) is 0 Å². The predicted octanol–water partition coefficient (Wildman–Crippen LogP) is 3.80. The Morgan fingerprint density at radius 3 is 2.54 bits per heavy atom. The van der Waals surface area contributed by atoms with Crippen molar-refractivity contribution >= 4 is 28.7 Å². The molecule has 2 aromatic carbocycles. The second-order valence-electron chi connectivity index (χ2n) is 5.83. The van der Waals surface area contributed by atoms with E-state index in [1.165, 1.54) is 11.6 Å². The van der Waals surface area contributed by atoms with E-state index in [0.29, 0.717) is 5.02 Å². The van der Waals surface area contributed by atoms with E-state index in [0.717, 1.165) is 29.0 Å². The lowest BCUT2D eigenvalue weighted by atomic mass is 9.94. The summed E-state index contributed by atoms with van der Waals surface area (Å²) in [5.74, 6) is 0.0366. The topological polar surface area (TPSA) is 41.5 Å². The van der Waals surface area contributed by atoms with E-state index in [4.69, 9.17) is 11.6 Å². The second-order valence-corrected chi connectivity index (χ2v) is 6.27. The number of carbonyl (C=O) groups excluding carboxylic acids is 1. The Morgan fingerprint density at radius 2 is 1.79 bits per heavy atom. The van der Waals surface area contributed by atoms with Gasteiger partial charge < -0.3 is 5.32 Å². The minimum atomic E-state index is -0.389. The molecule has 0 saturated carbocycles. The van der Waals surface area contributed by atoms with Crippen molar-refractivity contribution in [1.29, 1.82) is 0 Å². The number of ketones is 1. The number of fused-ring (bicyclic) bond motifs is 1. The number of hydrogen-bond acceptors (Lipinski definition) is 3. The number of aliphatic imine (C=N–C) groups is 1. The summed E-state index contributed by atoms with van der Waals surface area (Å²) in [4.78, 5) is 16.7. The molecule has 1 N–H and O–H groups in total. The molecule has 2 aromatic rings. The number of rotatable bonds is 3. The van der Waals surface area contributed by atoms with Gasteiger partial charge in [0.25, 0.3) is 0 Å². The fourth-order valence-corrected chi connectivity index (χ4v) is 3.25. The number of allylic oxidation sites excluding steroid dienone is 1. The summed E-state index contributed by atoms with van der Waals surface area (Å²) in [6, 6.07) is 17.5. The first-order valence-electron chi connectivity index (χ1n) is 7.80. The minimum Gasteiger partial charge on any atom is -0.373 e. The second kappa shape index (κ2) is 6.10. The van der Waals surface area contributed by atoms with E-state index in [1.807, 2.05) is 42.5 Å². The summed E-state index contributed by atoms with van der Waals surface area (Å²) in [6.07, 6.45) is 3.82. The summed E-state index contributed by atoms with van der Waals surface area (Å²) >= 11 is 6.02. The van der Waals surface area contributed by atoms with Gasteiger partial charge >= 0.3 is 0 Å². The lowest BCUT2D eigenvalue weighted by molar-refractivity contribution is -0.114. The molecule has 4 heteroatoms. The standard InChI is InChI=1S/C20H15ClN2O/c21-15-8-6-14(7-9-15)18-16(12-13-4-2-1-3-5-13)23-19-17(24)10-11-22-20(18)19/h1-11,19,23H,12H2. The first-order chi connectivity index (χ1) is 11.7. The Kier molecular flexibility index (Phi) is 3.79. The molecule has 4 rings (SSSR count). The first kappa shape index (κ1) is 14.9. The highest BCUT2D eigenvalue weighted by molar-refractivity contribution is 6.37. The molecule has 0 fully saturated rings. The Balaban J connectivity index is 1.81. The molecule has 0 radical (unpaired) electrons. The largest absolute Gasteiger partial charge is 0.373 e. The average Bonchev–Trinajstić information content (AvgIpc) is 2.96. The highest BCUT2D eigenvalue weighted by atomic mass is 35.5. The van der Waals surface area contributed by atoms with Crippen LogP contribution in [0.3, 0.4) is 0 Å². The van der Waals surface area contributed by atoms with E-state index in [2.05, 4.69) is 22.4 Å². The molecule has 0 aliphatic carbocycles. The molecule has 2 heterocycles. The molecule has 0 saturated heterocycles. The SMILES string of the molecule is O=C1C=CN=C2C(c3ccc(Cl)cc3)=C(Cc3ccccc3)NC12. The van der Waals surface area contributed by atoms with Crippen LogP contribution in [0.4, 0.5) is 0 Å². The molecule has 24 heavy (non-hydrogen) atoms. The molecule has 3 nitrogen and oxygen atoms in total. The zero-order valence-corrected chi connectivity index (χ0v) is 13.6. The van der Waals surface area contributed by atoms with Crippen molar-refractivity contribution in [2.45, 2.75) is 12.5 Å². The van der Waals surface area contributed by atoms with Gasteiger partial charge in [0, 0.05) is 35.0 Å². The van der Waals surface area contributed by atoms with Gasteiger partial charge in [-0.15, -0.1) is 0 Å². The third kappa shape index (κ3) is 2.68. The maximum Gasteiger partial charge on any atom is 0.185 e. The zero-order valence-electron chi connectivity index (χ0n) is 12.9. The number of nitrogens with zero attached hydrogens (tertiary/aromatic N) is 1. The van der Waals surface area contributed by atoms with E-state index in [1.54, 1.807) is 6.20 Å². The fourth-order valence-electron chi connectivity index (χ4n) is 3.12. The Labute approximate surface area is 145 Å². The molecule has 0 spiro atoms. The van der Waals surface area contributed by atoms with Crippen LogP contribution in [0.5, 0.6) is 0 Å². The quantitative estimate of drug-likeness (QED) is 0.927. The van der Waals surface area contributed by atoms with Crippen LogP contribution in [-0.2, 0) is 11.2 Å². The molecule has 1 unspecified atom stereocenters. The van der Waals surface area contributed by atoms with E-state index in [-0.39, 0.29) is 11.8 Å². The molecule has 0 amide bonds. The summed E-state index contributed by atoms with van der Waals surface area (Å²) in [5.41, 5.74) is 5.01. The highest BCUT2D eigenvalue weighted by Crippen LogP contribution is 2.31. The van der Waals surface area contributed by atoms with E-state index in [9.17, 15) is 4.79 Å². The van der Waals surface area contributed by atoms with Gasteiger partial charge in [-0.05, 0) is 23.3 Å². The number of halogens is 1. The monoisotopic (exact) mass is 334 g/mol. The van der Waals surface area contributed by atoms with Gasteiger partial charge in [-0.3, -0.25) is 9.79 Å². The van der Waals surface area contributed by atoms with Crippen molar-refractivity contribution in [3.05, 3.63) is 88.7 Å². The molecule has 0 bridgehead atoms. The average molecular weight is 335 g/mol. The van der Waals surface area contributed by atoms with Gasteiger partial charge in [0.15, 0.2) is 5.78 Å². The minimum absolute atomic E-state index is 0.0366. The maximum absolute atomic E-state index is 12.2. The van der Waals surface area contributed by atoms with Crippen molar-refractivity contribution in [3.63, 3.8) is 0 Å². The Morgan fingerprint density at radius 1 is 1.04 bits per heavy atom.